The predicted molar refractivity (Wildman–Crippen MR) is 54.2 cm³/mol. The van der Waals surface area contributed by atoms with Crippen LogP contribution in [0.4, 0.5) is 0 Å². The number of aliphatic hydroxyl groups is 2. The van der Waals surface area contributed by atoms with Gasteiger partial charge in [-0.1, -0.05) is 11.8 Å². The average molecular weight is 184 g/mol. The molecule has 2 N–H and O–H groups in total. The average Bonchev–Trinajstić information content (AvgIpc) is 2.00. The van der Waals surface area contributed by atoms with Crippen molar-refractivity contribution in [3.8, 4) is 11.8 Å². The van der Waals surface area contributed by atoms with E-state index in [2.05, 4.69) is 11.8 Å². The Labute approximate surface area is 81.0 Å². The lowest BCUT2D eigenvalue weighted by Gasteiger charge is -2.08. The van der Waals surface area contributed by atoms with Crippen molar-refractivity contribution in [1.29, 1.82) is 0 Å². The van der Waals surface area contributed by atoms with Crippen LogP contribution >= 0.6 is 0 Å². The maximum absolute atomic E-state index is 9.38. The molecule has 0 spiro atoms. The number of rotatable bonds is 4. The van der Waals surface area contributed by atoms with Crippen LogP contribution in [-0.2, 0) is 0 Å². The lowest BCUT2D eigenvalue weighted by atomic mass is 9.97. The molecule has 2 nitrogen and oxygen atoms in total. The van der Waals surface area contributed by atoms with Gasteiger partial charge < -0.3 is 10.2 Å². The van der Waals surface area contributed by atoms with E-state index in [4.69, 9.17) is 5.11 Å². The van der Waals surface area contributed by atoms with Gasteiger partial charge in [0.2, 0.25) is 0 Å². The molecule has 1 unspecified atom stereocenters. The molecule has 0 aliphatic heterocycles. The first-order chi connectivity index (χ1) is 5.95. The number of hydrogen-bond acceptors (Lipinski definition) is 2. The van der Waals surface area contributed by atoms with Crippen molar-refractivity contribution in [3.63, 3.8) is 0 Å². The third-order valence-electron chi connectivity index (χ3n) is 1.50. The van der Waals surface area contributed by atoms with Gasteiger partial charge in [0.15, 0.2) is 0 Å². The minimum atomic E-state index is -0.536. The Balaban J connectivity index is 3.71. The van der Waals surface area contributed by atoms with Gasteiger partial charge in [0.1, 0.15) is 6.10 Å². The first kappa shape index (κ1) is 12.5. The van der Waals surface area contributed by atoms with Crippen LogP contribution in [-0.4, -0.2) is 22.9 Å². The molecule has 0 radical (unpaired) electrons. The van der Waals surface area contributed by atoms with E-state index in [1.54, 1.807) is 0 Å². The maximum atomic E-state index is 9.38. The van der Waals surface area contributed by atoms with Crippen molar-refractivity contribution in [2.75, 3.05) is 6.61 Å². The Hall–Kier alpha value is -0.520. The number of unbranched alkanes of at least 4 members (excludes halogenated alkanes) is 1. The van der Waals surface area contributed by atoms with E-state index >= 15 is 0 Å². The minimum Gasteiger partial charge on any atom is -0.396 e. The van der Waals surface area contributed by atoms with Gasteiger partial charge in [-0.2, -0.15) is 0 Å². The molecule has 2 heteroatoms. The van der Waals surface area contributed by atoms with Gasteiger partial charge in [-0.25, -0.2) is 0 Å². The van der Waals surface area contributed by atoms with Crippen LogP contribution in [0.2, 0.25) is 0 Å². The lowest BCUT2D eigenvalue weighted by Crippen LogP contribution is -2.06. The third-order valence-corrected chi connectivity index (χ3v) is 1.50. The summed E-state index contributed by atoms with van der Waals surface area (Å²) in [5, 5.41) is 17.9. The largest absolute Gasteiger partial charge is 0.396 e. The molecule has 76 valence electrons. The van der Waals surface area contributed by atoms with Crippen LogP contribution in [0.15, 0.2) is 0 Å². The molecular formula is C11H20O2. The molecular weight excluding hydrogens is 164 g/mol. The van der Waals surface area contributed by atoms with E-state index in [1.165, 1.54) is 0 Å². The molecule has 0 aromatic heterocycles. The molecule has 13 heavy (non-hydrogen) atoms. The molecule has 0 aliphatic carbocycles. The van der Waals surface area contributed by atoms with Crippen LogP contribution in [0.1, 0.15) is 40.0 Å². The van der Waals surface area contributed by atoms with Crippen molar-refractivity contribution < 1.29 is 10.2 Å². The minimum absolute atomic E-state index is 0.0437. The molecule has 0 aromatic rings. The molecule has 0 fully saturated rings. The Morgan fingerprint density at radius 2 is 1.85 bits per heavy atom. The summed E-state index contributed by atoms with van der Waals surface area (Å²) in [5.74, 6) is 5.79. The monoisotopic (exact) mass is 184 g/mol. The van der Waals surface area contributed by atoms with E-state index in [-0.39, 0.29) is 12.0 Å². The fourth-order valence-electron chi connectivity index (χ4n) is 0.821. The summed E-state index contributed by atoms with van der Waals surface area (Å²) < 4.78 is 0. The molecule has 0 aliphatic rings. The van der Waals surface area contributed by atoms with Crippen LogP contribution in [0.5, 0.6) is 0 Å². The van der Waals surface area contributed by atoms with Crippen LogP contribution < -0.4 is 0 Å². The Morgan fingerprint density at radius 3 is 2.31 bits per heavy atom. The molecule has 0 amide bonds. The molecule has 0 bridgehead atoms. The number of hydrogen-bond donors (Lipinski definition) is 2. The van der Waals surface area contributed by atoms with Gasteiger partial charge in [0, 0.05) is 12.0 Å². The van der Waals surface area contributed by atoms with Crippen LogP contribution in [0.3, 0.4) is 0 Å². The number of aliphatic hydroxyl groups excluding tert-OH is 2. The van der Waals surface area contributed by atoms with Gasteiger partial charge >= 0.3 is 0 Å². The van der Waals surface area contributed by atoms with Crippen LogP contribution in [0, 0.1) is 17.3 Å². The highest BCUT2D eigenvalue weighted by atomic mass is 16.3. The SMILES string of the molecule is CC(C)(C)C#CC(O)CCCCO. The molecule has 0 saturated carbocycles. The fourth-order valence-corrected chi connectivity index (χ4v) is 0.821. The zero-order valence-electron chi connectivity index (χ0n) is 8.80. The quantitative estimate of drug-likeness (QED) is 0.514. The second-order valence-corrected chi connectivity index (χ2v) is 4.25. The highest BCUT2D eigenvalue weighted by Crippen LogP contribution is 2.10. The molecule has 0 rings (SSSR count). The van der Waals surface area contributed by atoms with Gasteiger partial charge in [-0.05, 0) is 40.0 Å². The van der Waals surface area contributed by atoms with Crippen molar-refractivity contribution >= 4 is 0 Å². The van der Waals surface area contributed by atoms with E-state index in [0.29, 0.717) is 6.42 Å². The summed E-state index contributed by atoms with van der Waals surface area (Å²) in [4.78, 5) is 0. The Kier molecular flexibility index (Phi) is 5.77. The maximum Gasteiger partial charge on any atom is 0.114 e. The predicted octanol–water partition coefficient (Wildman–Crippen LogP) is 1.56. The second-order valence-electron chi connectivity index (χ2n) is 4.25. The zero-order valence-corrected chi connectivity index (χ0v) is 8.80. The van der Waals surface area contributed by atoms with Gasteiger partial charge in [0.05, 0.1) is 0 Å². The Bertz CT molecular complexity index is 180. The van der Waals surface area contributed by atoms with Crippen LogP contribution in [0.25, 0.3) is 0 Å². The Morgan fingerprint density at radius 1 is 1.23 bits per heavy atom. The molecule has 0 saturated heterocycles. The van der Waals surface area contributed by atoms with Crippen molar-refractivity contribution in [3.05, 3.63) is 0 Å². The normalized spacial score (nSPS) is 13.3. The topological polar surface area (TPSA) is 40.5 Å². The fraction of sp³-hybridized carbons (Fsp3) is 0.818. The third kappa shape index (κ3) is 9.39. The summed E-state index contributed by atoms with van der Waals surface area (Å²) >= 11 is 0. The van der Waals surface area contributed by atoms with Crippen molar-refractivity contribution in [1.82, 2.24) is 0 Å². The summed E-state index contributed by atoms with van der Waals surface area (Å²) in [6, 6.07) is 0. The van der Waals surface area contributed by atoms with E-state index < -0.39 is 6.10 Å². The molecule has 1 atom stereocenters. The smallest absolute Gasteiger partial charge is 0.114 e. The molecule has 0 heterocycles. The van der Waals surface area contributed by atoms with E-state index in [9.17, 15) is 5.11 Å². The first-order valence-corrected chi connectivity index (χ1v) is 4.77. The van der Waals surface area contributed by atoms with Gasteiger partial charge in [0.25, 0.3) is 0 Å². The first-order valence-electron chi connectivity index (χ1n) is 4.77. The van der Waals surface area contributed by atoms with Crippen molar-refractivity contribution in [2.45, 2.75) is 46.1 Å². The highest BCUT2D eigenvalue weighted by Gasteiger charge is 2.05. The van der Waals surface area contributed by atoms with Gasteiger partial charge in [-0.15, -0.1) is 0 Å². The highest BCUT2D eigenvalue weighted by molar-refractivity contribution is 5.10. The van der Waals surface area contributed by atoms with Crippen molar-refractivity contribution in [2.24, 2.45) is 5.41 Å². The zero-order chi connectivity index (χ0) is 10.3. The van der Waals surface area contributed by atoms with E-state index in [0.717, 1.165) is 12.8 Å². The summed E-state index contributed by atoms with van der Waals surface area (Å²) in [7, 11) is 0. The lowest BCUT2D eigenvalue weighted by molar-refractivity contribution is 0.208. The summed E-state index contributed by atoms with van der Waals surface area (Å²) in [6.07, 6.45) is 1.69. The molecule has 0 aromatic carbocycles. The standard InChI is InChI=1S/C11H20O2/c1-11(2,3)8-7-10(13)6-4-5-9-12/h10,12-13H,4-6,9H2,1-3H3. The second kappa shape index (κ2) is 6.01. The van der Waals surface area contributed by atoms with E-state index in [1.807, 2.05) is 20.8 Å². The van der Waals surface area contributed by atoms with Gasteiger partial charge in [-0.3, -0.25) is 0 Å². The summed E-state index contributed by atoms with van der Waals surface area (Å²) in [5.41, 5.74) is -0.0437. The summed E-state index contributed by atoms with van der Waals surface area (Å²) in [6.45, 7) is 6.24.